The molecule has 1 N–H and O–H groups in total. The number of rotatable bonds is 3. The summed E-state index contributed by atoms with van der Waals surface area (Å²) in [7, 11) is 1.98. The normalized spacial score (nSPS) is 10.8. The largest absolute Gasteiger partial charge is 0.323 e. The molecule has 0 aliphatic heterocycles. The summed E-state index contributed by atoms with van der Waals surface area (Å²) in [6, 6.07) is 15.9. The predicted octanol–water partition coefficient (Wildman–Crippen LogP) is 2.41. The molecule has 21 heavy (non-hydrogen) atoms. The fourth-order valence-corrected chi connectivity index (χ4v) is 2.46. The molecule has 0 saturated carbocycles. The number of aryl methyl sites for hydroxylation is 2. The Hall–Kier alpha value is -2.62. The highest BCUT2D eigenvalue weighted by Gasteiger charge is 2.15. The Morgan fingerprint density at radius 1 is 1.14 bits per heavy atom. The zero-order chi connectivity index (χ0) is 14.8. The van der Waals surface area contributed by atoms with Crippen LogP contribution < -0.4 is 9.88 Å². The van der Waals surface area contributed by atoms with E-state index in [-0.39, 0.29) is 5.91 Å². The van der Waals surface area contributed by atoms with Crippen molar-refractivity contribution in [3.05, 3.63) is 60.4 Å². The van der Waals surface area contributed by atoms with E-state index < -0.39 is 0 Å². The van der Waals surface area contributed by atoms with Crippen LogP contribution in [0.4, 0.5) is 5.69 Å². The number of carbonyl (C=O) groups is 1. The first-order valence-corrected chi connectivity index (χ1v) is 6.93. The molecule has 0 aliphatic carbocycles. The van der Waals surface area contributed by atoms with Crippen LogP contribution in [-0.2, 0) is 18.4 Å². The third-order valence-corrected chi connectivity index (χ3v) is 3.53. The van der Waals surface area contributed by atoms with Crippen molar-refractivity contribution in [3.8, 4) is 0 Å². The van der Waals surface area contributed by atoms with Crippen molar-refractivity contribution in [1.29, 1.82) is 0 Å². The molecule has 0 radical (unpaired) electrons. The second-order valence-corrected chi connectivity index (χ2v) is 5.26. The number of nitrogens with zero attached hydrogens (tertiary/aromatic N) is 2. The smallest absolute Gasteiger partial charge is 0.266 e. The summed E-state index contributed by atoms with van der Waals surface area (Å²) in [6.45, 7) is 2.33. The Bertz CT molecular complexity index is 787. The van der Waals surface area contributed by atoms with Crippen LogP contribution in [0.25, 0.3) is 11.0 Å². The molecule has 3 aromatic rings. The van der Waals surface area contributed by atoms with Gasteiger partial charge in [0, 0.05) is 5.69 Å². The second-order valence-electron chi connectivity index (χ2n) is 5.26. The van der Waals surface area contributed by atoms with E-state index in [1.807, 2.05) is 78.0 Å². The van der Waals surface area contributed by atoms with Crippen LogP contribution in [0.5, 0.6) is 0 Å². The summed E-state index contributed by atoms with van der Waals surface area (Å²) < 4.78 is 3.98. The monoisotopic (exact) mass is 280 g/mol. The number of benzene rings is 2. The fourth-order valence-electron chi connectivity index (χ4n) is 2.46. The van der Waals surface area contributed by atoms with Crippen LogP contribution in [0, 0.1) is 6.92 Å². The van der Waals surface area contributed by atoms with E-state index >= 15 is 0 Å². The van der Waals surface area contributed by atoms with Gasteiger partial charge in [-0.05, 0) is 31.2 Å². The molecule has 1 heterocycles. The van der Waals surface area contributed by atoms with Crippen LogP contribution in [0.2, 0.25) is 0 Å². The topological polar surface area (TPSA) is 37.9 Å². The molecule has 3 rings (SSSR count). The van der Waals surface area contributed by atoms with Crippen molar-refractivity contribution in [2.24, 2.45) is 7.05 Å². The molecular weight excluding hydrogens is 262 g/mol. The number of carbonyl (C=O) groups excluding carboxylic acids is 1. The van der Waals surface area contributed by atoms with Gasteiger partial charge in [-0.15, -0.1) is 0 Å². The molecule has 1 aromatic heterocycles. The van der Waals surface area contributed by atoms with Gasteiger partial charge in [0.15, 0.2) is 17.6 Å². The van der Waals surface area contributed by atoms with Crippen molar-refractivity contribution in [3.63, 3.8) is 0 Å². The number of fused-ring (bicyclic) bond motifs is 1. The van der Waals surface area contributed by atoms with Crippen LogP contribution in [0.1, 0.15) is 5.56 Å². The number of para-hydroxylation sites is 2. The molecule has 0 bridgehead atoms. The summed E-state index contributed by atoms with van der Waals surface area (Å²) in [6.07, 6.45) is 1.94. The molecule has 0 fully saturated rings. The minimum absolute atomic E-state index is 0.0276. The standard InChI is InChI=1S/C17H17N3O/c1-13-7-9-14(10-8-13)18-17(21)11-20-12-19(2)15-5-3-4-6-16(15)20/h3-10,12H,11H2,1-2H3/p+1. The summed E-state index contributed by atoms with van der Waals surface area (Å²) in [4.78, 5) is 12.2. The van der Waals surface area contributed by atoms with Crippen LogP contribution in [0.3, 0.4) is 0 Å². The van der Waals surface area contributed by atoms with Gasteiger partial charge in [-0.25, -0.2) is 9.13 Å². The van der Waals surface area contributed by atoms with E-state index in [1.54, 1.807) is 0 Å². The van der Waals surface area contributed by atoms with E-state index in [0.717, 1.165) is 16.7 Å². The maximum Gasteiger partial charge on any atom is 0.266 e. The number of anilines is 1. The van der Waals surface area contributed by atoms with Gasteiger partial charge in [-0.1, -0.05) is 29.8 Å². The van der Waals surface area contributed by atoms with Crippen LogP contribution in [-0.4, -0.2) is 10.5 Å². The molecule has 106 valence electrons. The fraction of sp³-hybridized carbons (Fsp3) is 0.176. The van der Waals surface area contributed by atoms with E-state index in [4.69, 9.17) is 0 Å². The highest BCUT2D eigenvalue weighted by molar-refractivity contribution is 5.91. The lowest BCUT2D eigenvalue weighted by Crippen LogP contribution is -2.26. The Morgan fingerprint density at radius 2 is 1.86 bits per heavy atom. The highest BCUT2D eigenvalue weighted by atomic mass is 16.1. The summed E-state index contributed by atoms with van der Waals surface area (Å²) in [5, 5.41) is 2.92. The summed E-state index contributed by atoms with van der Waals surface area (Å²) in [5.41, 5.74) is 4.17. The zero-order valence-electron chi connectivity index (χ0n) is 12.2. The predicted molar refractivity (Wildman–Crippen MR) is 82.9 cm³/mol. The summed E-state index contributed by atoms with van der Waals surface area (Å²) >= 11 is 0. The molecule has 0 spiro atoms. The molecule has 0 aliphatic rings. The minimum Gasteiger partial charge on any atom is -0.323 e. The van der Waals surface area contributed by atoms with E-state index in [1.165, 1.54) is 5.56 Å². The lowest BCUT2D eigenvalue weighted by atomic mass is 10.2. The summed E-state index contributed by atoms with van der Waals surface area (Å²) in [5.74, 6) is -0.0276. The third kappa shape index (κ3) is 2.79. The van der Waals surface area contributed by atoms with Gasteiger partial charge in [-0.3, -0.25) is 4.79 Å². The lowest BCUT2D eigenvalue weighted by molar-refractivity contribution is -0.645. The van der Waals surface area contributed by atoms with Crippen molar-refractivity contribution >= 4 is 22.6 Å². The Labute approximate surface area is 123 Å². The van der Waals surface area contributed by atoms with Crippen molar-refractivity contribution in [1.82, 2.24) is 4.57 Å². The Kier molecular flexibility index (Phi) is 3.44. The number of imidazole rings is 1. The van der Waals surface area contributed by atoms with E-state index in [2.05, 4.69) is 5.32 Å². The maximum absolute atomic E-state index is 12.2. The average Bonchev–Trinajstić information content (AvgIpc) is 2.78. The van der Waals surface area contributed by atoms with Gasteiger partial charge >= 0.3 is 0 Å². The quantitative estimate of drug-likeness (QED) is 0.735. The molecule has 0 unspecified atom stereocenters. The van der Waals surface area contributed by atoms with Gasteiger partial charge in [-0.2, -0.15) is 0 Å². The first kappa shape index (κ1) is 13.4. The molecule has 0 saturated heterocycles. The first-order chi connectivity index (χ1) is 10.1. The molecule has 4 heteroatoms. The van der Waals surface area contributed by atoms with E-state index in [9.17, 15) is 4.79 Å². The van der Waals surface area contributed by atoms with Crippen molar-refractivity contribution < 1.29 is 9.36 Å². The lowest BCUT2D eigenvalue weighted by Gasteiger charge is -2.04. The number of aromatic nitrogens is 2. The number of hydrogen-bond donors (Lipinski definition) is 1. The first-order valence-electron chi connectivity index (χ1n) is 6.93. The van der Waals surface area contributed by atoms with E-state index in [0.29, 0.717) is 6.54 Å². The Morgan fingerprint density at radius 3 is 2.62 bits per heavy atom. The molecule has 1 amide bonds. The number of hydrogen-bond acceptors (Lipinski definition) is 1. The van der Waals surface area contributed by atoms with Crippen molar-refractivity contribution in [2.45, 2.75) is 13.5 Å². The molecule has 2 aromatic carbocycles. The minimum atomic E-state index is -0.0276. The molecule has 0 atom stereocenters. The Balaban J connectivity index is 1.79. The SMILES string of the molecule is Cc1ccc(NC(=O)Cn2c[n+](C)c3ccccc32)cc1. The number of amides is 1. The van der Waals surface area contributed by atoms with Gasteiger partial charge in [0.2, 0.25) is 6.33 Å². The maximum atomic E-state index is 12.2. The van der Waals surface area contributed by atoms with Gasteiger partial charge in [0.05, 0.1) is 7.05 Å². The van der Waals surface area contributed by atoms with Crippen LogP contribution in [0.15, 0.2) is 54.9 Å². The average molecular weight is 280 g/mol. The second kappa shape index (κ2) is 5.40. The van der Waals surface area contributed by atoms with Gasteiger partial charge < -0.3 is 5.32 Å². The van der Waals surface area contributed by atoms with Gasteiger partial charge in [0.25, 0.3) is 5.91 Å². The van der Waals surface area contributed by atoms with Gasteiger partial charge in [0.1, 0.15) is 0 Å². The molecule has 4 nitrogen and oxygen atoms in total. The highest BCUT2D eigenvalue weighted by Crippen LogP contribution is 2.11. The van der Waals surface area contributed by atoms with Crippen molar-refractivity contribution in [2.75, 3.05) is 5.32 Å². The molecular formula is C17H18N3O+. The number of nitrogens with one attached hydrogen (secondary N) is 1. The zero-order valence-corrected chi connectivity index (χ0v) is 12.2. The third-order valence-electron chi connectivity index (χ3n) is 3.53. The van der Waals surface area contributed by atoms with Crippen LogP contribution >= 0.6 is 0 Å².